The van der Waals surface area contributed by atoms with E-state index in [9.17, 15) is 0 Å². The minimum atomic E-state index is 0.422. The number of anilines is 1. The lowest BCUT2D eigenvalue weighted by Crippen LogP contribution is -1.97. The average molecular weight is 239 g/mol. The molecule has 2 aromatic rings. The van der Waals surface area contributed by atoms with Gasteiger partial charge in [0, 0.05) is 6.20 Å². The van der Waals surface area contributed by atoms with Crippen molar-refractivity contribution >= 4 is 21.7 Å². The topological polar surface area (TPSA) is 67.6 Å². The van der Waals surface area contributed by atoms with Crippen LogP contribution in [0.3, 0.4) is 0 Å². The second-order valence-corrected chi connectivity index (χ2v) is 3.32. The normalized spacial score (nSPS) is 10.2. The van der Waals surface area contributed by atoms with E-state index in [0.717, 1.165) is 5.69 Å². The van der Waals surface area contributed by atoms with Crippen LogP contribution in [-0.4, -0.2) is 15.0 Å². The summed E-state index contributed by atoms with van der Waals surface area (Å²) in [6.45, 7) is 0. The monoisotopic (exact) mass is 238 g/mol. The molecule has 66 valence electrons. The van der Waals surface area contributed by atoms with E-state index in [4.69, 9.17) is 5.73 Å². The highest BCUT2D eigenvalue weighted by atomic mass is 79.9. The first-order valence-electron chi connectivity index (χ1n) is 3.69. The van der Waals surface area contributed by atoms with Crippen LogP contribution in [0.15, 0.2) is 29.1 Å². The van der Waals surface area contributed by atoms with Crippen molar-refractivity contribution in [1.29, 1.82) is 0 Å². The summed E-state index contributed by atoms with van der Waals surface area (Å²) in [5, 5.41) is 0. The van der Waals surface area contributed by atoms with Crippen LogP contribution in [0.2, 0.25) is 0 Å². The lowest BCUT2D eigenvalue weighted by atomic mass is 10.3. The molecule has 13 heavy (non-hydrogen) atoms. The number of hydrogen-bond acceptors (Lipinski definition) is 3. The molecule has 0 unspecified atom stereocenters. The molecule has 0 aliphatic carbocycles. The molecule has 2 aromatic heterocycles. The van der Waals surface area contributed by atoms with Gasteiger partial charge in [-0.25, -0.2) is 9.97 Å². The fourth-order valence-electron chi connectivity index (χ4n) is 1.05. The zero-order valence-electron chi connectivity index (χ0n) is 6.66. The Morgan fingerprint density at radius 1 is 1.46 bits per heavy atom. The molecule has 5 heteroatoms. The molecule has 0 saturated heterocycles. The van der Waals surface area contributed by atoms with Crippen LogP contribution >= 0.6 is 15.9 Å². The van der Waals surface area contributed by atoms with E-state index in [1.54, 1.807) is 6.20 Å². The summed E-state index contributed by atoms with van der Waals surface area (Å²) in [6.07, 6.45) is 3.39. The van der Waals surface area contributed by atoms with Gasteiger partial charge in [-0.1, -0.05) is 0 Å². The first-order chi connectivity index (χ1) is 6.27. The smallest absolute Gasteiger partial charge is 0.151 e. The maximum absolute atomic E-state index is 5.67. The van der Waals surface area contributed by atoms with Crippen molar-refractivity contribution < 1.29 is 0 Å². The minimum Gasteiger partial charge on any atom is -0.382 e. The SMILES string of the molecule is Nc1ncc(Br)nc1-c1ccc[nH]1. The molecule has 0 aromatic carbocycles. The van der Waals surface area contributed by atoms with E-state index in [-0.39, 0.29) is 0 Å². The second-order valence-electron chi connectivity index (χ2n) is 2.51. The van der Waals surface area contributed by atoms with Crippen LogP contribution in [0.1, 0.15) is 0 Å². The number of H-pyrrole nitrogens is 1. The quantitative estimate of drug-likeness (QED) is 0.797. The molecular weight excluding hydrogens is 232 g/mol. The first kappa shape index (κ1) is 8.25. The summed E-state index contributed by atoms with van der Waals surface area (Å²) in [6, 6.07) is 3.78. The van der Waals surface area contributed by atoms with Gasteiger partial charge in [0.05, 0.1) is 11.9 Å². The zero-order chi connectivity index (χ0) is 9.26. The van der Waals surface area contributed by atoms with Crippen molar-refractivity contribution in [2.24, 2.45) is 0 Å². The summed E-state index contributed by atoms with van der Waals surface area (Å²) in [4.78, 5) is 11.2. The van der Waals surface area contributed by atoms with Crippen LogP contribution in [0, 0.1) is 0 Å². The molecule has 0 aliphatic rings. The number of aromatic nitrogens is 3. The number of nitrogens with zero attached hydrogens (tertiary/aromatic N) is 2. The fourth-order valence-corrected chi connectivity index (χ4v) is 1.33. The van der Waals surface area contributed by atoms with E-state index in [1.807, 2.05) is 18.3 Å². The van der Waals surface area contributed by atoms with Crippen LogP contribution in [0.5, 0.6) is 0 Å². The molecule has 0 spiro atoms. The third-order valence-corrected chi connectivity index (χ3v) is 2.01. The van der Waals surface area contributed by atoms with Gasteiger partial charge in [0.15, 0.2) is 5.82 Å². The summed E-state index contributed by atoms with van der Waals surface area (Å²) < 4.78 is 0.673. The first-order valence-corrected chi connectivity index (χ1v) is 4.48. The van der Waals surface area contributed by atoms with Crippen LogP contribution in [0.25, 0.3) is 11.4 Å². The van der Waals surface area contributed by atoms with Crippen molar-refractivity contribution in [2.75, 3.05) is 5.73 Å². The molecule has 0 aliphatic heterocycles. The molecule has 0 radical (unpaired) electrons. The maximum atomic E-state index is 5.67. The van der Waals surface area contributed by atoms with Gasteiger partial charge in [-0.2, -0.15) is 0 Å². The van der Waals surface area contributed by atoms with Crippen LogP contribution in [0.4, 0.5) is 5.82 Å². The Balaban J connectivity index is 2.57. The second kappa shape index (κ2) is 3.18. The Morgan fingerprint density at radius 3 is 3.00 bits per heavy atom. The molecule has 2 rings (SSSR count). The maximum Gasteiger partial charge on any atom is 0.151 e. The molecule has 4 nitrogen and oxygen atoms in total. The number of nitrogen functional groups attached to an aromatic ring is 1. The van der Waals surface area contributed by atoms with Crippen molar-refractivity contribution in [3.05, 3.63) is 29.1 Å². The van der Waals surface area contributed by atoms with Crippen molar-refractivity contribution in [2.45, 2.75) is 0 Å². The highest BCUT2D eigenvalue weighted by molar-refractivity contribution is 9.10. The van der Waals surface area contributed by atoms with Gasteiger partial charge in [-0.3, -0.25) is 0 Å². The Morgan fingerprint density at radius 2 is 2.31 bits per heavy atom. The van der Waals surface area contributed by atoms with Crippen molar-refractivity contribution in [3.8, 4) is 11.4 Å². The highest BCUT2D eigenvalue weighted by Gasteiger charge is 2.06. The fraction of sp³-hybridized carbons (Fsp3) is 0. The minimum absolute atomic E-state index is 0.422. The Hall–Kier alpha value is -1.36. The van der Waals surface area contributed by atoms with Gasteiger partial charge in [0.2, 0.25) is 0 Å². The third-order valence-electron chi connectivity index (χ3n) is 1.62. The zero-order valence-corrected chi connectivity index (χ0v) is 8.25. The summed E-state index contributed by atoms with van der Waals surface area (Å²) in [5.74, 6) is 0.422. The van der Waals surface area contributed by atoms with E-state index < -0.39 is 0 Å². The number of aromatic amines is 1. The molecular formula is C8H7BrN4. The van der Waals surface area contributed by atoms with Gasteiger partial charge in [-0.05, 0) is 28.1 Å². The van der Waals surface area contributed by atoms with E-state index in [1.165, 1.54) is 0 Å². The molecule has 0 fully saturated rings. The van der Waals surface area contributed by atoms with Gasteiger partial charge in [0.1, 0.15) is 10.3 Å². The predicted octanol–water partition coefficient (Wildman–Crippen LogP) is 1.82. The third kappa shape index (κ3) is 1.55. The molecule has 0 atom stereocenters. The predicted molar refractivity (Wildman–Crippen MR) is 53.9 cm³/mol. The molecule has 0 saturated carbocycles. The Labute approximate surface area is 83.3 Å². The molecule has 2 heterocycles. The molecule has 0 bridgehead atoms. The number of nitrogens with one attached hydrogen (secondary N) is 1. The van der Waals surface area contributed by atoms with E-state index in [0.29, 0.717) is 16.1 Å². The van der Waals surface area contributed by atoms with Crippen molar-refractivity contribution in [1.82, 2.24) is 15.0 Å². The number of halogens is 1. The molecule has 0 amide bonds. The summed E-state index contributed by atoms with van der Waals surface area (Å²) >= 11 is 3.24. The van der Waals surface area contributed by atoms with E-state index in [2.05, 4.69) is 30.9 Å². The van der Waals surface area contributed by atoms with Gasteiger partial charge in [-0.15, -0.1) is 0 Å². The van der Waals surface area contributed by atoms with Crippen LogP contribution < -0.4 is 5.73 Å². The molecule has 3 N–H and O–H groups in total. The Bertz CT molecular complexity index is 410. The number of rotatable bonds is 1. The summed E-state index contributed by atoms with van der Waals surface area (Å²) in [5.41, 5.74) is 7.20. The van der Waals surface area contributed by atoms with Crippen molar-refractivity contribution in [3.63, 3.8) is 0 Å². The highest BCUT2D eigenvalue weighted by Crippen LogP contribution is 2.21. The largest absolute Gasteiger partial charge is 0.382 e. The lowest BCUT2D eigenvalue weighted by molar-refractivity contribution is 1.16. The Kier molecular flexibility index (Phi) is 2.02. The van der Waals surface area contributed by atoms with Gasteiger partial charge in [0.25, 0.3) is 0 Å². The van der Waals surface area contributed by atoms with Gasteiger partial charge >= 0.3 is 0 Å². The average Bonchev–Trinajstić information content (AvgIpc) is 2.61. The van der Waals surface area contributed by atoms with Gasteiger partial charge < -0.3 is 10.7 Å². The lowest BCUT2D eigenvalue weighted by Gasteiger charge is -2.00. The van der Waals surface area contributed by atoms with E-state index >= 15 is 0 Å². The standard InChI is InChI=1S/C8H7BrN4/c9-6-4-12-8(10)7(13-6)5-2-1-3-11-5/h1-4,11H,(H2,10,12). The van der Waals surface area contributed by atoms with Crippen LogP contribution in [-0.2, 0) is 0 Å². The number of hydrogen-bond donors (Lipinski definition) is 2. The number of nitrogens with two attached hydrogens (primary N) is 1. The summed E-state index contributed by atoms with van der Waals surface area (Å²) in [7, 11) is 0.